The van der Waals surface area contributed by atoms with Crippen LogP contribution in [0.25, 0.3) is 0 Å². The molecule has 0 aromatic rings. The number of amides is 1. The molecule has 0 spiro atoms. The average molecular weight is 190 g/mol. The monoisotopic (exact) mass is 190 g/mol. The molecule has 0 saturated carbocycles. The Morgan fingerprint density at radius 2 is 1.85 bits per heavy atom. The predicted molar refractivity (Wildman–Crippen MR) is 50.3 cm³/mol. The van der Waals surface area contributed by atoms with Crippen molar-refractivity contribution in [2.75, 3.05) is 27.2 Å². The number of carbonyl (C=O) groups excluding carboxylic acids is 1. The zero-order valence-electron chi connectivity index (χ0n) is 9.13. The summed E-state index contributed by atoms with van der Waals surface area (Å²) in [5, 5.41) is 8.73. The second-order valence-electron chi connectivity index (χ2n) is 4.61. The van der Waals surface area contributed by atoms with E-state index in [0.29, 0.717) is 6.54 Å². The molecule has 0 unspecified atom stereocenters. The fourth-order valence-corrected chi connectivity index (χ4v) is 0.727. The van der Waals surface area contributed by atoms with Gasteiger partial charge in [-0.1, -0.05) is 0 Å². The first-order valence-electron chi connectivity index (χ1n) is 4.36. The summed E-state index contributed by atoms with van der Waals surface area (Å²) in [6, 6.07) is 0. The maximum atomic E-state index is 11.5. The van der Waals surface area contributed by atoms with E-state index >= 15 is 0 Å². The van der Waals surface area contributed by atoms with Crippen LogP contribution in [0.15, 0.2) is 0 Å². The summed E-state index contributed by atoms with van der Waals surface area (Å²) in [6.07, 6.45) is -0.318. The van der Waals surface area contributed by atoms with Gasteiger partial charge < -0.3 is 9.84 Å². The van der Waals surface area contributed by atoms with Crippen LogP contribution in [0, 0.1) is 0 Å². The van der Waals surface area contributed by atoms with Crippen molar-refractivity contribution in [1.82, 2.24) is 0 Å². The highest BCUT2D eigenvalue weighted by Crippen LogP contribution is 2.12. The molecule has 0 bridgehead atoms. The van der Waals surface area contributed by atoms with E-state index in [1.807, 2.05) is 20.8 Å². The summed E-state index contributed by atoms with van der Waals surface area (Å²) < 4.78 is 5.23. The van der Waals surface area contributed by atoms with E-state index in [4.69, 9.17) is 9.84 Å². The van der Waals surface area contributed by atoms with Gasteiger partial charge in [-0.2, -0.15) is 4.79 Å². The topological polar surface area (TPSA) is 46.5 Å². The molecule has 4 nitrogen and oxygen atoms in total. The van der Waals surface area contributed by atoms with Crippen LogP contribution in [0.3, 0.4) is 0 Å². The molecule has 13 heavy (non-hydrogen) atoms. The molecule has 0 aromatic carbocycles. The molecule has 0 fully saturated rings. The minimum Gasteiger partial charge on any atom is -0.414 e. The number of quaternary nitrogens is 1. The third kappa shape index (κ3) is 4.85. The molecule has 1 amide bonds. The Kier molecular flexibility index (Phi) is 3.88. The maximum Gasteiger partial charge on any atom is 0.516 e. The van der Waals surface area contributed by atoms with Crippen LogP contribution >= 0.6 is 0 Å². The van der Waals surface area contributed by atoms with Crippen molar-refractivity contribution < 1.29 is 19.1 Å². The van der Waals surface area contributed by atoms with E-state index in [1.54, 1.807) is 14.1 Å². The van der Waals surface area contributed by atoms with Gasteiger partial charge in [-0.05, 0) is 20.8 Å². The Hall–Kier alpha value is -0.610. The second kappa shape index (κ2) is 4.07. The summed E-state index contributed by atoms with van der Waals surface area (Å²) in [7, 11) is 3.43. The number of nitrogens with zero attached hydrogens (tertiary/aromatic N) is 1. The van der Waals surface area contributed by atoms with E-state index in [0.717, 1.165) is 0 Å². The van der Waals surface area contributed by atoms with Crippen molar-refractivity contribution in [3.63, 3.8) is 0 Å². The fraction of sp³-hybridized carbons (Fsp3) is 0.889. The molecular formula is C9H20NO3+. The van der Waals surface area contributed by atoms with Crippen LogP contribution < -0.4 is 0 Å². The number of carbonyl (C=O) groups is 1. The first-order chi connectivity index (χ1) is 5.69. The summed E-state index contributed by atoms with van der Waals surface area (Å²) in [6.45, 7) is 5.82. The Morgan fingerprint density at radius 3 is 2.15 bits per heavy atom. The first-order valence-corrected chi connectivity index (χ1v) is 4.36. The van der Waals surface area contributed by atoms with Crippen LogP contribution in [-0.2, 0) is 4.74 Å². The van der Waals surface area contributed by atoms with E-state index in [2.05, 4.69) is 0 Å². The quantitative estimate of drug-likeness (QED) is 0.660. The lowest BCUT2D eigenvalue weighted by Gasteiger charge is -2.28. The van der Waals surface area contributed by atoms with E-state index < -0.39 is 5.60 Å². The number of aliphatic hydroxyl groups excluding tert-OH is 1. The maximum absolute atomic E-state index is 11.5. The van der Waals surface area contributed by atoms with Crippen LogP contribution in [0.2, 0.25) is 0 Å². The van der Waals surface area contributed by atoms with Gasteiger partial charge in [0.2, 0.25) is 0 Å². The summed E-state index contributed by atoms with van der Waals surface area (Å²) in [5.41, 5.74) is -0.470. The van der Waals surface area contributed by atoms with Crippen LogP contribution in [0.4, 0.5) is 4.79 Å². The third-order valence-corrected chi connectivity index (χ3v) is 1.55. The Balaban J connectivity index is 4.25. The fourth-order valence-electron chi connectivity index (χ4n) is 0.727. The lowest BCUT2D eigenvalue weighted by Crippen LogP contribution is -2.49. The molecule has 0 heterocycles. The van der Waals surface area contributed by atoms with E-state index in [-0.39, 0.29) is 17.2 Å². The number of aliphatic hydroxyl groups is 1. The molecule has 0 aliphatic heterocycles. The Labute approximate surface area is 79.7 Å². The lowest BCUT2D eigenvalue weighted by molar-refractivity contribution is -0.818. The van der Waals surface area contributed by atoms with Gasteiger partial charge in [0.05, 0.1) is 20.7 Å². The largest absolute Gasteiger partial charge is 0.516 e. The lowest BCUT2D eigenvalue weighted by atomic mass is 10.2. The molecule has 0 atom stereocenters. The van der Waals surface area contributed by atoms with Crippen molar-refractivity contribution in [1.29, 1.82) is 0 Å². The first kappa shape index (κ1) is 12.4. The highest BCUT2D eigenvalue weighted by Gasteiger charge is 2.31. The van der Waals surface area contributed by atoms with Crippen LogP contribution in [0.1, 0.15) is 20.8 Å². The Bertz CT molecular complexity index is 182. The standard InChI is InChI=1S/C9H20NO3/c1-9(2,3)13-8(12)10(4,5)6-7-11/h11H,6-7H2,1-5H3/q+1. The molecule has 0 aliphatic carbocycles. The van der Waals surface area contributed by atoms with Crippen molar-refractivity contribution in [2.45, 2.75) is 26.4 Å². The smallest absolute Gasteiger partial charge is 0.414 e. The van der Waals surface area contributed by atoms with E-state index in [9.17, 15) is 4.79 Å². The van der Waals surface area contributed by atoms with Crippen molar-refractivity contribution in [3.05, 3.63) is 0 Å². The highest BCUT2D eigenvalue weighted by molar-refractivity contribution is 5.59. The normalized spacial score (nSPS) is 12.8. The SMILES string of the molecule is CC(C)(C)OC(=O)[N+](C)(C)CCO. The number of hydrogen-bond donors (Lipinski definition) is 1. The molecular weight excluding hydrogens is 170 g/mol. The summed E-state index contributed by atoms with van der Waals surface area (Å²) >= 11 is 0. The van der Waals surface area contributed by atoms with E-state index in [1.165, 1.54) is 0 Å². The molecule has 0 aliphatic rings. The molecule has 0 saturated heterocycles. The molecule has 0 rings (SSSR count). The number of rotatable bonds is 2. The van der Waals surface area contributed by atoms with Crippen molar-refractivity contribution in [2.24, 2.45) is 0 Å². The zero-order chi connectivity index (χ0) is 10.7. The van der Waals surface area contributed by atoms with Gasteiger partial charge in [0.1, 0.15) is 12.1 Å². The minimum atomic E-state index is -0.470. The minimum absolute atomic E-state index is 0.0216. The number of ether oxygens (including phenoxy) is 1. The third-order valence-electron chi connectivity index (χ3n) is 1.55. The number of hydrogen-bond acceptors (Lipinski definition) is 3. The summed E-state index contributed by atoms with van der Waals surface area (Å²) in [5.74, 6) is 0. The zero-order valence-corrected chi connectivity index (χ0v) is 9.13. The molecule has 4 heteroatoms. The van der Waals surface area contributed by atoms with Gasteiger partial charge in [-0.3, -0.25) is 0 Å². The molecule has 1 N–H and O–H groups in total. The predicted octanol–water partition coefficient (Wildman–Crippen LogP) is 0.990. The van der Waals surface area contributed by atoms with Gasteiger partial charge >= 0.3 is 6.09 Å². The average Bonchev–Trinajstić information content (AvgIpc) is 1.82. The highest BCUT2D eigenvalue weighted by atomic mass is 16.6. The van der Waals surface area contributed by atoms with Gasteiger partial charge in [0, 0.05) is 0 Å². The molecule has 78 valence electrons. The van der Waals surface area contributed by atoms with Gasteiger partial charge in [-0.15, -0.1) is 0 Å². The van der Waals surface area contributed by atoms with Gasteiger partial charge in [-0.25, -0.2) is 4.48 Å². The van der Waals surface area contributed by atoms with Gasteiger partial charge in [0.15, 0.2) is 0 Å². The van der Waals surface area contributed by atoms with Crippen molar-refractivity contribution >= 4 is 6.09 Å². The van der Waals surface area contributed by atoms with Crippen molar-refractivity contribution in [3.8, 4) is 0 Å². The number of likely N-dealkylation sites (N-methyl/N-ethyl adjacent to an activating group) is 1. The van der Waals surface area contributed by atoms with Crippen LogP contribution in [-0.4, -0.2) is 48.5 Å². The van der Waals surface area contributed by atoms with Crippen LogP contribution in [0.5, 0.6) is 0 Å². The van der Waals surface area contributed by atoms with Gasteiger partial charge in [0.25, 0.3) is 0 Å². The summed E-state index contributed by atoms with van der Waals surface area (Å²) in [4.78, 5) is 11.5. The molecule has 0 aromatic heterocycles. The molecule has 0 radical (unpaired) electrons. The second-order valence-corrected chi connectivity index (χ2v) is 4.61. The Morgan fingerprint density at radius 1 is 1.38 bits per heavy atom.